The van der Waals surface area contributed by atoms with Crippen molar-refractivity contribution in [3.05, 3.63) is 24.4 Å². The van der Waals surface area contributed by atoms with E-state index in [4.69, 9.17) is 9.47 Å². The third-order valence-electron chi connectivity index (χ3n) is 4.00. The fourth-order valence-corrected chi connectivity index (χ4v) is 2.77. The highest BCUT2D eigenvalue weighted by Crippen LogP contribution is 2.27. The van der Waals surface area contributed by atoms with Gasteiger partial charge in [-0.3, -0.25) is 9.69 Å². The van der Waals surface area contributed by atoms with Crippen LogP contribution in [0.5, 0.6) is 0 Å². The molecule has 0 unspecified atom stereocenters. The number of aromatic nitrogens is 1. The van der Waals surface area contributed by atoms with Crippen LogP contribution in [0.4, 0.5) is 5.82 Å². The Bertz CT molecular complexity index is 428. The Hall–Kier alpha value is -1.46. The number of anilines is 1. The van der Waals surface area contributed by atoms with E-state index in [0.29, 0.717) is 12.4 Å². The first kappa shape index (κ1) is 15.9. The molecule has 0 bridgehead atoms. The molecule has 0 radical (unpaired) electrons. The Morgan fingerprint density at radius 2 is 2.00 bits per heavy atom. The minimum atomic E-state index is -0.445. The first-order chi connectivity index (χ1) is 10.3. The van der Waals surface area contributed by atoms with Gasteiger partial charge >= 0.3 is 0 Å². The Kier molecular flexibility index (Phi) is 6.14. The summed E-state index contributed by atoms with van der Waals surface area (Å²) in [5.41, 5.74) is 0. The third-order valence-corrected chi connectivity index (χ3v) is 4.00. The van der Waals surface area contributed by atoms with E-state index in [0.717, 1.165) is 25.7 Å². The van der Waals surface area contributed by atoms with Gasteiger partial charge < -0.3 is 9.47 Å². The second kappa shape index (κ2) is 8.10. The monoisotopic (exact) mass is 292 g/mol. The molecule has 1 aliphatic carbocycles. The Morgan fingerprint density at radius 1 is 1.29 bits per heavy atom. The second-order valence-electron chi connectivity index (χ2n) is 5.37. The number of methoxy groups -OCH3 is 2. The smallest absolute Gasteiger partial charge is 0.231 e. The van der Waals surface area contributed by atoms with Crippen LogP contribution < -0.4 is 4.90 Å². The Labute approximate surface area is 126 Å². The Morgan fingerprint density at radius 3 is 2.57 bits per heavy atom. The summed E-state index contributed by atoms with van der Waals surface area (Å²) in [6.07, 6.45) is 6.67. The van der Waals surface area contributed by atoms with Gasteiger partial charge in [-0.2, -0.15) is 0 Å². The molecule has 0 N–H and O–H groups in total. The van der Waals surface area contributed by atoms with Crippen molar-refractivity contribution in [2.75, 3.05) is 25.7 Å². The van der Waals surface area contributed by atoms with E-state index in [1.54, 1.807) is 25.3 Å². The van der Waals surface area contributed by atoms with Crippen LogP contribution in [0.1, 0.15) is 32.1 Å². The Balaban J connectivity index is 2.16. The van der Waals surface area contributed by atoms with Crippen molar-refractivity contribution in [3.8, 4) is 0 Å². The van der Waals surface area contributed by atoms with Gasteiger partial charge in [-0.1, -0.05) is 25.3 Å². The van der Waals surface area contributed by atoms with Crippen LogP contribution in [0.2, 0.25) is 0 Å². The van der Waals surface area contributed by atoms with Crippen LogP contribution in [0.25, 0.3) is 0 Å². The summed E-state index contributed by atoms with van der Waals surface area (Å²) in [4.78, 5) is 18.9. The van der Waals surface area contributed by atoms with Gasteiger partial charge in [0.1, 0.15) is 5.82 Å². The molecule has 2 rings (SSSR count). The molecule has 0 aliphatic heterocycles. The molecule has 5 nitrogen and oxygen atoms in total. The third kappa shape index (κ3) is 4.25. The summed E-state index contributed by atoms with van der Waals surface area (Å²) in [5, 5.41) is 0. The number of carbonyl (C=O) groups is 1. The summed E-state index contributed by atoms with van der Waals surface area (Å²) in [6, 6.07) is 5.58. The van der Waals surface area contributed by atoms with Crippen LogP contribution in [-0.2, 0) is 14.3 Å². The highest BCUT2D eigenvalue weighted by atomic mass is 16.7. The van der Waals surface area contributed by atoms with Crippen LogP contribution in [0.15, 0.2) is 24.4 Å². The largest absolute Gasteiger partial charge is 0.354 e. The molecular weight excluding hydrogens is 268 g/mol. The molecule has 1 heterocycles. The number of nitrogens with zero attached hydrogens (tertiary/aromatic N) is 2. The lowest BCUT2D eigenvalue weighted by Gasteiger charge is -2.30. The van der Waals surface area contributed by atoms with Crippen molar-refractivity contribution >= 4 is 11.7 Å². The zero-order chi connectivity index (χ0) is 15.1. The van der Waals surface area contributed by atoms with Gasteiger partial charge in [0.2, 0.25) is 5.91 Å². The van der Waals surface area contributed by atoms with Crippen molar-refractivity contribution in [1.82, 2.24) is 4.98 Å². The van der Waals surface area contributed by atoms with E-state index < -0.39 is 6.29 Å². The average Bonchev–Trinajstić information content (AvgIpc) is 2.57. The number of carbonyl (C=O) groups excluding carboxylic acids is 1. The molecule has 5 heteroatoms. The lowest BCUT2D eigenvalue weighted by molar-refractivity contribution is -0.127. The molecule has 1 fully saturated rings. The molecule has 1 amide bonds. The quantitative estimate of drug-likeness (QED) is 0.756. The standard InChI is InChI=1S/C16H24N2O3/c1-20-15(21-2)12-18(14-10-6-7-11-17-14)16(19)13-8-4-3-5-9-13/h6-7,10-11,13,15H,3-5,8-9,12H2,1-2H3. The number of amides is 1. The summed E-state index contributed by atoms with van der Waals surface area (Å²) in [7, 11) is 3.16. The summed E-state index contributed by atoms with van der Waals surface area (Å²) in [6.45, 7) is 0.360. The molecule has 1 aromatic rings. The van der Waals surface area contributed by atoms with Crippen molar-refractivity contribution in [2.24, 2.45) is 5.92 Å². The average molecular weight is 292 g/mol. The number of hydrogen-bond donors (Lipinski definition) is 0. The number of pyridine rings is 1. The van der Waals surface area contributed by atoms with Crippen LogP contribution in [0, 0.1) is 5.92 Å². The van der Waals surface area contributed by atoms with Crippen LogP contribution >= 0.6 is 0 Å². The normalized spacial score (nSPS) is 16.1. The van der Waals surface area contributed by atoms with Crippen molar-refractivity contribution in [1.29, 1.82) is 0 Å². The van der Waals surface area contributed by atoms with Crippen molar-refractivity contribution in [2.45, 2.75) is 38.4 Å². The number of ether oxygens (including phenoxy) is 2. The highest BCUT2D eigenvalue weighted by Gasteiger charge is 2.29. The van der Waals surface area contributed by atoms with E-state index in [1.165, 1.54) is 6.42 Å². The summed E-state index contributed by atoms with van der Waals surface area (Å²) in [5.74, 6) is 0.884. The van der Waals surface area contributed by atoms with Gasteiger partial charge in [0.25, 0.3) is 0 Å². The number of hydrogen-bond acceptors (Lipinski definition) is 4. The lowest BCUT2D eigenvalue weighted by atomic mass is 9.88. The fourth-order valence-electron chi connectivity index (χ4n) is 2.77. The fraction of sp³-hybridized carbons (Fsp3) is 0.625. The lowest BCUT2D eigenvalue weighted by Crippen LogP contribution is -2.43. The van der Waals surface area contributed by atoms with Gasteiger partial charge in [0, 0.05) is 26.3 Å². The minimum absolute atomic E-state index is 0.0927. The van der Waals surface area contributed by atoms with Gasteiger partial charge in [-0.25, -0.2) is 4.98 Å². The van der Waals surface area contributed by atoms with E-state index in [2.05, 4.69) is 4.98 Å². The maximum atomic E-state index is 12.8. The molecule has 1 saturated carbocycles. The first-order valence-corrected chi connectivity index (χ1v) is 7.54. The molecule has 0 saturated heterocycles. The van der Waals surface area contributed by atoms with Crippen LogP contribution in [-0.4, -0.2) is 37.9 Å². The van der Waals surface area contributed by atoms with Gasteiger partial charge in [-0.05, 0) is 25.0 Å². The first-order valence-electron chi connectivity index (χ1n) is 7.54. The molecule has 1 aromatic heterocycles. The van der Waals surface area contributed by atoms with Gasteiger partial charge in [-0.15, -0.1) is 0 Å². The van der Waals surface area contributed by atoms with Crippen molar-refractivity contribution < 1.29 is 14.3 Å². The second-order valence-corrected chi connectivity index (χ2v) is 5.37. The molecule has 0 spiro atoms. The van der Waals surface area contributed by atoms with Gasteiger partial charge in [0.05, 0.1) is 6.54 Å². The predicted octanol–water partition coefficient (Wildman–Crippen LogP) is 2.61. The molecule has 21 heavy (non-hydrogen) atoms. The topological polar surface area (TPSA) is 51.7 Å². The van der Waals surface area contributed by atoms with E-state index >= 15 is 0 Å². The maximum Gasteiger partial charge on any atom is 0.231 e. The van der Waals surface area contributed by atoms with E-state index in [1.807, 2.05) is 18.2 Å². The molecule has 0 atom stereocenters. The predicted molar refractivity (Wildman–Crippen MR) is 81.0 cm³/mol. The summed E-state index contributed by atoms with van der Waals surface area (Å²) < 4.78 is 10.5. The molecular formula is C16H24N2O3. The maximum absolute atomic E-state index is 12.8. The minimum Gasteiger partial charge on any atom is -0.354 e. The zero-order valence-electron chi connectivity index (χ0n) is 12.8. The van der Waals surface area contributed by atoms with Gasteiger partial charge in [0.15, 0.2) is 6.29 Å². The SMILES string of the molecule is COC(CN(C(=O)C1CCCCC1)c1ccccn1)OC. The van der Waals surface area contributed by atoms with E-state index in [9.17, 15) is 4.79 Å². The summed E-state index contributed by atoms with van der Waals surface area (Å²) >= 11 is 0. The zero-order valence-corrected chi connectivity index (χ0v) is 12.8. The van der Waals surface area contributed by atoms with E-state index in [-0.39, 0.29) is 11.8 Å². The molecule has 0 aromatic carbocycles. The number of rotatable bonds is 6. The van der Waals surface area contributed by atoms with Crippen molar-refractivity contribution in [3.63, 3.8) is 0 Å². The highest BCUT2D eigenvalue weighted by molar-refractivity contribution is 5.94. The molecule has 116 valence electrons. The molecule has 1 aliphatic rings. The van der Waals surface area contributed by atoms with Crippen LogP contribution in [0.3, 0.4) is 0 Å².